The maximum absolute atomic E-state index is 11.2. The Balaban J connectivity index is 2.45. The Kier molecular flexibility index (Phi) is 6.36. The molecule has 0 saturated carbocycles. The Labute approximate surface area is 117 Å². The van der Waals surface area contributed by atoms with Crippen molar-refractivity contribution in [1.29, 1.82) is 0 Å². The first-order chi connectivity index (χ1) is 9.52. The lowest BCUT2D eigenvalue weighted by atomic mass is 10.2. The van der Waals surface area contributed by atoms with E-state index in [0.29, 0.717) is 30.1 Å². The summed E-state index contributed by atoms with van der Waals surface area (Å²) in [5.74, 6) is -0.321. The van der Waals surface area contributed by atoms with Crippen LogP contribution in [0.2, 0.25) is 0 Å². The molecule has 3 N–H and O–H groups in total. The molecule has 0 radical (unpaired) electrons. The van der Waals surface area contributed by atoms with Crippen molar-refractivity contribution in [3.05, 3.63) is 23.8 Å². The fraction of sp³-hybridized carbons (Fsp3) is 0.429. The largest absolute Gasteiger partial charge is 0.497 e. The van der Waals surface area contributed by atoms with Gasteiger partial charge < -0.3 is 20.3 Å². The van der Waals surface area contributed by atoms with Crippen molar-refractivity contribution in [2.75, 3.05) is 13.7 Å². The Morgan fingerprint density at radius 3 is 2.45 bits per heavy atom. The van der Waals surface area contributed by atoms with Crippen LogP contribution in [0, 0.1) is 0 Å². The van der Waals surface area contributed by atoms with Gasteiger partial charge in [0.2, 0.25) is 5.91 Å². The van der Waals surface area contributed by atoms with Crippen LogP contribution in [-0.4, -0.2) is 30.7 Å². The van der Waals surface area contributed by atoms with Crippen LogP contribution in [0.5, 0.6) is 11.5 Å². The average Bonchev–Trinajstić information content (AvgIpc) is 2.41. The number of carbonyl (C=O) groups excluding carboxylic acids is 1. The number of hydrogen-bond acceptors (Lipinski definition) is 4. The van der Waals surface area contributed by atoms with Crippen molar-refractivity contribution in [3.8, 4) is 11.5 Å². The standard InChI is InChI=1S/C14H19NO5/c1-19-11-7-10(14(15)18)8-12(9-11)20-6-4-2-3-5-13(16)17/h7-9H,2-6H2,1H3,(H2,15,18)(H,16,17). The molecule has 0 aliphatic rings. The van der Waals surface area contributed by atoms with E-state index in [1.165, 1.54) is 7.11 Å². The molecule has 0 heterocycles. The Morgan fingerprint density at radius 1 is 1.15 bits per heavy atom. The molecule has 0 fully saturated rings. The highest BCUT2D eigenvalue weighted by Gasteiger charge is 2.06. The zero-order valence-electron chi connectivity index (χ0n) is 11.4. The van der Waals surface area contributed by atoms with Gasteiger partial charge in [0.05, 0.1) is 13.7 Å². The van der Waals surface area contributed by atoms with E-state index in [4.69, 9.17) is 20.3 Å². The number of nitrogens with two attached hydrogens (primary N) is 1. The second-order valence-electron chi connectivity index (χ2n) is 4.31. The summed E-state index contributed by atoms with van der Waals surface area (Å²) in [6.45, 7) is 0.449. The van der Waals surface area contributed by atoms with Gasteiger partial charge in [0.1, 0.15) is 11.5 Å². The first kappa shape index (κ1) is 15.8. The predicted octanol–water partition coefficient (Wildman–Crippen LogP) is 1.82. The van der Waals surface area contributed by atoms with Crippen LogP contribution in [0.1, 0.15) is 36.0 Å². The van der Waals surface area contributed by atoms with E-state index in [0.717, 1.165) is 12.8 Å². The van der Waals surface area contributed by atoms with Gasteiger partial charge in [-0.3, -0.25) is 9.59 Å². The van der Waals surface area contributed by atoms with Crippen LogP contribution in [0.15, 0.2) is 18.2 Å². The lowest BCUT2D eigenvalue weighted by Gasteiger charge is -2.09. The second kappa shape index (κ2) is 8.04. The van der Waals surface area contributed by atoms with Crippen molar-refractivity contribution in [1.82, 2.24) is 0 Å². The van der Waals surface area contributed by atoms with Crippen molar-refractivity contribution in [3.63, 3.8) is 0 Å². The highest BCUT2D eigenvalue weighted by atomic mass is 16.5. The normalized spacial score (nSPS) is 10.1. The minimum absolute atomic E-state index is 0.172. The summed E-state index contributed by atoms with van der Waals surface area (Å²) >= 11 is 0. The molecular formula is C14H19NO5. The molecule has 0 saturated heterocycles. The SMILES string of the molecule is COc1cc(OCCCCCC(=O)O)cc(C(N)=O)c1. The number of primary amides is 1. The smallest absolute Gasteiger partial charge is 0.303 e. The van der Waals surface area contributed by atoms with Crippen LogP contribution in [0.4, 0.5) is 0 Å². The van der Waals surface area contributed by atoms with Crippen molar-refractivity contribution in [2.45, 2.75) is 25.7 Å². The van der Waals surface area contributed by atoms with Gasteiger partial charge >= 0.3 is 5.97 Å². The number of unbranched alkanes of at least 4 members (excludes halogenated alkanes) is 2. The topological polar surface area (TPSA) is 98.8 Å². The Morgan fingerprint density at radius 2 is 1.85 bits per heavy atom. The summed E-state index contributed by atoms with van der Waals surface area (Å²) in [6.07, 6.45) is 2.32. The van der Waals surface area contributed by atoms with E-state index >= 15 is 0 Å². The van der Waals surface area contributed by atoms with Gasteiger partial charge in [-0.2, -0.15) is 0 Å². The molecule has 0 atom stereocenters. The fourth-order valence-electron chi connectivity index (χ4n) is 1.66. The van der Waals surface area contributed by atoms with Gasteiger partial charge in [0.25, 0.3) is 0 Å². The monoisotopic (exact) mass is 281 g/mol. The number of methoxy groups -OCH3 is 1. The number of ether oxygens (including phenoxy) is 2. The number of carboxylic acids is 1. The number of carbonyl (C=O) groups is 2. The molecule has 0 bridgehead atoms. The van der Waals surface area contributed by atoms with Crippen LogP contribution in [-0.2, 0) is 4.79 Å². The number of rotatable bonds is 9. The summed E-state index contributed by atoms with van der Waals surface area (Å²) in [5, 5.41) is 8.50. The van der Waals surface area contributed by atoms with E-state index in [1.807, 2.05) is 0 Å². The highest BCUT2D eigenvalue weighted by Crippen LogP contribution is 2.22. The van der Waals surface area contributed by atoms with Gasteiger partial charge in [0, 0.05) is 18.1 Å². The zero-order chi connectivity index (χ0) is 15.0. The summed E-state index contributed by atoms with van der Waals surface area (Å²) < 4.78 is 10.6. The first-order valence-corrected chi connectivity index (χ1v) is 6.36. The maximum Gasteiger partial charge on any atom is 0.303 e. The van der Waals surface area contributed by atoms with Crippen molar-refractivity contribution < 1.29 is 24.2 Å². The average molecular weight is 281 g/mol. The molecule has 0 aromatic heterocycles. The summed E-state index contributed by atoms with van der Waals surface area (Å²) in [7, 11) is 1.50. The molecule has 0 spiro atoms. The third-order valence-corrected chi connectivity index (χ3v) is 2.70. The number of carboxylic acid groups (broad SMARTS) is 1. The summed E-state index contributed by atoms with van der Waals surface area (Å²) in [6, 6.07) is 4.77. The number of hydrogen-bond donors (Lipinski definition) is 2. The number of aliphatic carboxylic acids is 1. The van der Waals surface area contributed by atoms with Crippen molar-refractivity contribution >= 4 is 11.9 Å². The summed E-state index contributed by atoms with van der Waals surface area (Å²) in [4.78, 5) is 21.5. The first-order valence-electron chi connectivity index (χ1n) is 6.36. The molecular weight excluding hydrogens is 262 g/mol. The van der Waals surface area contributed by atoms with E-state index in [9.17, 15) is 9.59 Å². The molecule has 0 aliphatic carbocycles. The second-order valence-corrected chi connectivity index (χ2v) is 4.31. The third kappa shape index (κ3) is 5.60. The third-order valence-electron chi connectivity index (χ3n) is 2.70. The van der Waals surface area contributed by atoms with Crippen molar-refractivity contribution in [2.24, 2.45) is 5.73 Å². The molecule has 0 unspecified atom stereocenters. The summed E-state index contributed by atoms with van der Waals surface area (Å²) in [5.41, 5.74) is 5.55. The van der Waals surface area contributed by atoms with Gasteiger partial charge in [-0.25, -0.2) is 0 Å². The lowest BCUT2D eigenvalue weighted by Crippen LogP contribution is -2.11. The van der Waals surface area contributed by atoms with Crippen LogP contribution >= 0.6 is 0 Å². The maximum atomic E-state index is 11.2. The number of benzene rings is 1. The molecule has 6 nitrogen and oxygen atoms in total. The Bertz CT molecular complexity index is 473. The van der Waals surface area contributed by atoms with Gasteiger partial charge in [-0.1, -0.05) is 0 Å². The fourth-order valence-corrected chi connectivity index (χ4v) is 1.66. The lowest BCUT2D eigenvalue weighted by molar-refractivity contribution is -0.137. The molecule has 110 valence electrons. The van der Waals surface area contributed by atoms with E-state index in [2.05, 4.69) is 0 Å². The predicted molar refractivity (Wildman–Crippen MR) is 73.1 cm³/mol. The molecule has 0 aliphatic heterocycles. The molecule has 1 aromatic carbocycles. The van der Waals surface area contributed by atoms with E-state index in [1.54, 1.807) is 18.2 Å². The molecule has 6 heteroatoms. The minimum Gasteiger partial charge on any atom is -0.497 e. The van der Waals surface area contributed by atoms with Gasteiger partial charge in [-0.05, 0) is 31.4 Å². The van der Waals surface area contributed by atoms with Gasteiger partial charge in [0.15, 0.2) is 0 Å². The minimum atomic E-state index is -0.787. The van der Waals surface area contributed by atoms with E-state index in [-0.39, 0.29) is 6.42 Å². The van der Waals surface area contributed by atoms with E-state index < -0.39 is 11.9 Å². The molecule has 20 heavy (non-hydrogen) atoms. The van der Waals surface area contributed by atoms with Crippen LogP contribution in [0.3, 0.4) is 0 Å². The van der Waals surface area contributed by atoms with Gasteiger partial charge in [-0.15, -0.1) is 0 Å². The highest BCUT2D eigenvalue weighted by molar-refractivity contribution is 5.93. The molecule has 1 amide bonds. The Hall–Kier alpha value is -2.24. The zero-order valence-corrected chi connectivity index (χ0v) is 11.4. The molecule has 1 rings (SSSR count). The quantitative estimate of drug-likeness (QED) is 0.673. The number of amides is 1. The molecule has 1 aromatic rings. The van der Waals surface area contributed by atoms with Crippen LogP contribution < -0.4 is 15.2 Å². The van der Waals surface area contributed by atoms with Crippen LogP contribution in [0.25, 0.3) is 0 Å².